The molecule has 0 aliphatic heterocycles. The van der Waals surface area contributed by atoms with Crippen LogP contribution >= 0.6 is 0 Å². The molecule has 47 heavy (non-hydrogen) atoms. The SMILES string of the molecule is CN(CCOCCC(=O)C(C)(C)C)C(=O)CCC(C(=O)O)N(C)C(=O)CCCCCCCCCCCCCCCCCc1nn[nH]n1. The van der Waals surface area contributed by atoms with Gasteiger partial charge in [-0.25, -0.2) is 4.79 Å². The van der Waals surface area contributed by atoms with Crippen molar-refractivity contribution in [3.05, 3.63) is 5.82 Å². The molecule has 0 radical (unpaired) electrons. The quantitative estimate of drug-likeness (QED) is 0.0957. The van der Waals surface area contributed by atoms with Crippen molar-refractivity contribution in [2.45, 2.75) is 155 Å². The van der Waals surface area contributed by atoms with Gasteiger partial charge in [-0.15, -0.1) is 10.2 Å². The maximum atomic E-state index is 12.7. The van der Waals surface area contributed by atoms with Crippen LogP contribution in [0.2, 0.25) is 0 Å². The molecular formula is C35H64N6O6. The van der Waals surface area contributed by atoms with Crippen LogP contribution in [0.1, 0.15) is 149 Å². The summed E-state index contributed by atoms with van der Waals surface area (Å²) in [6.07, 6.45) is 19.6. The Morgan fingerprint density at radius 1 is 0.745 bits per heavy atom. The van der Waals surface area contributed by atoms with E-state index in [1.165, 1.54) is 87.5 Å². The van der Waals surface area contributed by atoms with Crippen molar-refractivity contribution >= 4 is 23.6 Å². The molecule has 0 aliphatic rings. The maximum absolute atomic E-state index is 12.7. The summed E-state index contributed by atoms with van der Waals surface area (Å²) in [5.41, 5.74) is -0.397. The lowest BCUT2D eigenvalue weighted by Gasteiger charge is -2.26. The van der Waals surface area contributed by atoms with Crippen molar-refractivity contribution in [3.63, 3.8) is 0 Å². The van der Waals surface area contributed by atoms with E-state index < -0.39 is 17.4 Å². The molecule has 0 aliphatic carbocycles. The molecule has 0 spiro atoms. The van der Waals surface area contributed by atoms with Gasteiger partial charge in [-0.05, 0) is 19.3 Å². The first-order valence-electron chi connectivity index (χ1n) is 18.0. The molecule has 0 saturated carbocycles. The molecule has 1 rings (SSSR count). The minimum absolute atomic E-state index is 0.0258. The van der Waals surface area contributed by atoms with Crippen LogP contribution < -0.4 is 0 Å². The summed E-state index contributed by atoms with van der Waals surface area (Å²) in [6, 6.07) is -1.03. The Hall–Kier alpha value is -2.89. The summed E-state index contributed by atoms with van der Waals surface area (Å²) in [5.74, 6) is -0.562. The number of likely N-dealkylation sites (N-methyl/N-ethyl adjacent to an activating group) is 2. The van der Waals surface area contributed by atoms with Gasteiger partial charge in [-0.1, -0.05) is 109 Å². The van der Waals surface area contributed by atoms with Crippen molar-refractivity contribution < 1.29 is 29.0 Å². The number of rotatable bonds is 29. The number of hydrogen-bond donors (Lipinski definition) is 2. The van der Waals surface area contributed by atoms with E-state index in [-0.39, 0.29) is 30.4 Å². The van der Waals surface area contributed by atoms with Crippen molar-refractivity contribution in [2.24, 2.45) is 5.41 Å². The Morgan fingerprint density at radius 3 is 1.77 bits per heavy atom. The number of carboxylic acids is 1. The van der Waals surface area contributed by atoms with Crippen LogP contribution in [-0.4, -0.2) is 99.0 Å². The van der Waals surface area contributed by atoms with Crippen molar-refractivity contribution in [1.82, 2.24) is 30.4 Å². The Kier molecular flexibility index (Phi) is 22.6. The highest BCUT2D eigenvalue weighted by atomic mass is 16.5. The number of nitrogens with one attached hydrogen (secondary N) is 1. The number of amides is 2. The number of H-pyrrole nitrogens is 1. The van der Waals surface area contributed by atoms with Gasteiger partial charge in [0.05, 0.1) is 13.2 Å². The zero-order chi connectivity index (χ0) is 34.9. The van der Waals surface area contributed by atoms with Crippen LogP contribution in [0.5, 0.6) is 0 Å². The minimum atomic E-state index is -1.10. The number of aromatic amines is 1. The van der Waals surface area contributed by atoms with E-state index in [0.717, 1.165) is 37.9 Å². The van der Waals surface area contributed by atoms with Crippen molar-refractivity contribution in [3.8, 4) is 0 Å². The number of carboxylic acid groups (broad SMARTS) is 1. The van der Waals surface area contributed by atoms with Gasteiger partial charge in [-0.2, -0.15) is 5.21 Å². The first-order valence-corrected chi connectivity index (χ1v) is 18.0. The molecule has 270 valence electrons. The van der Waals surface area contributed by atoms with E-state index in [4.69, 9.17) is 4.74 Å². The van der Waals surface area contributed by atoms with Crippen LogP contribution in [0.25, 0.3) is 0 Å². The lowest BCUT2D eigenvalue weighted by molar-refractivity contribution is -0.149. The predicted octanol–water partition coefficient (Wildman–Crippen LogP) is 6.16. The number of ketones is 1. The third-order valence-electron chi connectivity index (χ3n) is 8.76. The van der Waals surface area contributed by atoms with E-state index in [2.05, 4.69) is 20.6 Å². The standard InChI is InChI=1S/C35H64N6O6/c1-35(2,3)30(42)25-27-47-28-26-40(4)32(43)24-23-29(34(45)46)41(5)33(44)22-20-18-16-14-12-10-8-6-7-9-11-13-15-17-19-21-31-36-38-39-37-31/h29H,6-28H2,1-5H3,(H,45,46)(H,36,37,38,39). The number of aromatic nitrogens is 4. The van der Waals surface area contributed by atoms with Gasteiger partial charge in [0.1, 0.15) is 11.8 Å². The highest BCUT2D eigenvalue weighted by Crippen LogP contribution is 2.17. The van der Waals surface area contributed by atoms with E-state index in [1.54, 1.807) is 7.05 Å². The molecule has 0 aromatic carbocycles. The molecule has 12 heteroatoms. The Balaban J connectivity index is 2.04. The second-order valence-electron chi connectivity index (χ2n) is 13.9. The minimum Gasteiger partial charge on any atom is -0.480 e. The highest BCUT2D eigenvalue weighted by Gasteiger charge is 2.27. The van der Waals surface area contributed by atoms with Crippen LogP contribution in [0.4, 0.5) is 0 Å². The van der Waals surface area contributed by atoms with Crippen molar-refractivity contribution in [2.75, 3.05) is 33.9 Å². The van der Waals surface area contributed by atoms with Gasteiger partial charge in [0.25, 0.3) is 0 Å². The third-order valence-corrected chi connectivity index (χ3v) is 8.76. The number of aliphatic carboxylic acids is 1. The van der Waals surface area contributed by atoms with Gasteiger partial charge < -0.3 is 19.6 Å². The number of aryl methyl sites for hydroxylation is 1. The predicted molar refractivity (Wildman–Crippen MR) is 183 cm³/mol. The van der Waals surface area contributed by atoms with Crippen LogP contribution in [0, 0.1) is 5.41 Å². The Bertz CT molecular complexity index is 997. The molecule has 0 fully saturated rings. The Morgan fingerprint density at radius 2 is 1.28 bits per heavy atom. The van der Waals surface area contributed by atoms with Gasteiger partial charge in [0.2, 0.25) is 11.8 Å². The summed E-state index contributed by atoms with van der Waals surface area (Å²) < 4.78 is 5.50. The number of ether oxygens (including phenoxy) is 1. The molecule has 1 aromatic rings. The number of tetrazole rings is 1. The fourth-order valence-corrected chi connectivity index (χ4v) is 5.40. The number of carbonyl (C=O) groups excluding carboxylic acids is 3. The third kappa shape index (κ3) is 20.9. The van der Waals surface area contributed by atoms with E-state index >= 15 is 0 Å². The molecule has 1 heterocycles. The fraction of sp³-hybridized carbons (Fsp3) is 0.857. The number of Topliss-reactive ketones (excluding diaryl/α,β-unsaturated/α-hetero) is 1. The number of unbranched alkanes of at least 4 members (excludes halogenated alkanes) is 14. The van der Waals surface area contributed by atoms with Gasteiger partial charge >= 0.3 is 5.97 Å². The summed E-state index contributed by atoms with van der Waals surface area (Å²) in [6.45, 7) is 6.57. The van der Waals surface area contributed by atoms with E-state index in [0.29, 0.717) is 32.6 Å². The molecule has 2 amide bonds. The monoisotopic (exact) mass is 664 g/mol. The van der Waals surface area contributed by atoms with E-state index in [9.17, 15) is 24.3 Å². The van der Waals surface area contributed by atoms with Gasteiger partial charge in [0, 0.05) is 51.7 Å². The average molecular weight is 665 g/mol. The topological polar surface area (TPSA) is 159 Å². The lowest BCUT2D eigenvalue weighted by atomic mass is 9.89. The average Bonchev–Trinajstić information content (AvgIpc) is 3.55. The highest BCUT2D eigenvalue weighted by molar-refractivity contribution is 5.84. The smallest absolute Gasteiger partial charge is 0.326 e. The maximum Gasteiger partial charge on any atom is 0.326 e. The Labute approximate surface area is 283 Å². The van der Waals surface area contributed by atoms with Crippen LogP contribution in [0.3, 0.4) is 0 Å². The number of hydrogen-bond acceptors (Lipinski definition) is 8. The normalized spacial score (nSPS) is 12.2. The molecular weight excluding hydrogens is 600 g/mol. The molecule has 1 atom stereocenters. The van der Waals surface area contributed by atoms with Gasteiger partial charge in [-0.3, -0.25) is 14.4 Å². The van der Waals surface area contributed by atoms with Crippen LogP contribution in [0.15, 0.2) is 0 Å². The summed E-state index contributed by atoms with van der Waals surface area (Å²) >= 11 is 0. The molecule has 12 nitrogen and oxygen atoms in total. The largest absolute Gasteiger partial charge is 0.480 e. The zero-order valence-electron chi connectivity index (χ0n) is 30.1. The second kappa shape index (κ2) is 25.2. The van der Waals surface area contributed by atoms with Crippen molar-refractivity contribution in [1.29, 1.82) is 0 Å². The summed E-state index contributed by atoms with van der Waals surface area (Å²) in [7, 11) is 3.16. The fourth-order valence-electron chi connectivity index (χ4n) is 5.40. The molecule has 2 N–H and O–H groups in total. The molecule has 0 saturated heterocycles. The molecule has 1 aromatic heterocycles. The molecule has 1 unspecified atom stereocenters. The summed E-state index contributed by atoms with van der Waals surface area (Å²) in [5, 5.41) is 23.7. The van der Waals surface area contributed by atoms with Gasteiger partial charge in [0.15, 0.2) is 5.82 Å². The second-order valence-corrected chi connectivity index (χ2v) is 13.9. The number of nitrogens with zero attached hydrogens (tertiary/aromatic N) is 5. The number of carbonyl (C=O) groups is 4. The zero-order valence-corrected chi connectivity index (χ0v) is 30.1. The van der Waals surface area contributed by atoms with Crippen LogP contribution in [-0.2, 0) is 30.3 Å². The first-order chi connectivity index (χ1) is 22.4. The lowest BCUT2D eigenvalue weighted by Crippen LogP contribution is -2.43. The van der Waals surface area contributed by atoms with E-state index in [1.807, 2.05) is 20.8 Å². The molecule has 0 bridgehead atoms. The first kappa shape index (κ1) is 42.1. The summed E-state index contributed by atoms with van der Waals surface area (Å²) in [4.78, 5) is 51.9.